The number of nitrogens with zero attached hydrogens (tertiary/aromatic N) is 2. The van der Waals surface area contributed by atoms with E-state index in [9.17, 15) is 4.79 Å². The zero-order valence-corrected chi connectivity index (χ0v) is 16.5. The van der Waals surface area contributed by atoms with Gasteiger partial charge in [0.15, 0.2) is 0 Å². The van der Waals surface area contributed by atoms with Crippen molar-refractivity contribution < 1.29 is 9.53 Å². The van der Waals surface area contributed by atoms with Crippen molar-refractivity contribution in [2.45, 2.75) is 45.4 Å². The first-order valence-corrected chi connectivity index (χ1v) is 8.68. The van der Waals surface area contributed by atoms with E-state index in [2.05, 4.69) is 21.8 Å². The molecule has 6 nitrogen and oxygen atoms in total. The molecule has 142 valence electrons. The number of amides is 1. The van der Waals surface area contributed by atoms with Crippen LogP contribution in [0.1, 0.15) is 36.3 Å². The maximum absolute atomic E-state index is 12.4. The number of carbonyl (C=O) groups excluding carboxylic acids is 1. The van der Waals surface area contributed by atoms with E-state index in [-0.39, 0.29) is 36.5 Å². The summed E-state index contributed by atoms with van der Waals surface area (Å²) in [5.74, 6) is 0.0228. The molecule has 2 heterocycles. The highest BCUT2D eigenvalue weighted by molar-refractivity contribution is 5.85. The van der Waals surface area contributed by atoms with Crippen molar-refractivity contribution in [2.75, 3.05) is 13.7 Å². The maximum Gasteiger partial charge on any atom is 0.237 e. The molecule has 1 saturated heterocycles. The normalized spacial score (nSPS) is 20.5. The Balaban J connectivity index is 0.00000243. The van der Waals surface area contributed by atoms with E-state index in [1.807, 2.05) is 49.7 Å². The lowest BCUT2D eigenvalue weighted by Gasteiger charge is -2.18. The molecule has 1 amide bonds. The average molecular weight is 379 g/mol. The lowest BCUT2D eigenvalue weighted by Crippen LogP contribution is -2.41. The summed E-state index contributed by atoms with van der Waals surface area (Å²) in [6, 6.07) is 9.97. The summed E-state index contributed by atoms with van der Waals surface area (Å²) in [5.41, 5.74) is 4.19. The molecule has 1 aliphatic rings. The van der Waals surface area contributed by atoms with Crippen LogP contribution in [-0.4, -0.2) is 41.5 Å². The van der Waals surface area contributed by atoms with E-state index in [4.69, 9.17) is 4.74 Å². The van der Waals surface area contributed by atoms with Crippen molar-refractivity contribution in [3.05, 3.63) is 47.3 Å². The van der Waals surface area contributed by atoms with Crippen molar-refractivity contribution >= 4 is 18.3 Å². The summed E-state index contributed by atoms with van der Waals surface area (Å²) in [5, 5.41) is 10.8. The predicted octanol–water partition coefficient (Wildman–Crippen LogP) is 2.47. The third-order valence-electron chi connectivity index (χ3n) is 4.75. The summed E-state index contributed by atoms with van der Waals surface area (Å²) >= 11 is 0. The van der Waals surface area contributed by atoms with Gasteiger partial charge in [0.2, 0.25) is 5.91 Å². The molecule has 2 aromatic rings. The summed E-state index contributed by atoms with van der Waals surface area (Å²) in [6.07, 6.45) is 0.831. The predicted molar refractivity (Wildman–Crippen MR) is 104 cm³/mol. The van der Waals surface area contributed by atoms with Crippen molar-refractivity contribution in [2.24, 2.45) is 0 Å². The minimum Gasteiger partial charge on any atom is -0.380 e. The number of benzene rings is 1. The second kappa shape index (κ2) is 8.66. The number of hydrogen-bond donors (Lipinski definition) is 2. The van der Waals surface area contributed by atoms with Gasteiger partial charge in [0.05, 0.1) is 29.6 Å². The molecule has 0 bridgehead atoms. The van der Waals surface area contributed by atoms with Crippen LogP contribution < -0.4 is 10.6 Å². The largest absolute Gasteiger partial charge is 0.380 e. The Labute approximate surface area is 160 Å². The second-order valence-electron chi connectivity index (χ2n) is 6.71. The first-order valence-electron chi connectivity index (χ1n) is 8.68. The topological polar surface area (TPSA) is 68.2 Å². The molecular formula is C19H27ClN4O2. The molecule has 1 aliphatic heterocycles. The highest BCUT2D eigenvalue weighted by Crippen LogP contribution is 2.18. The van der Waals surface area contributed by atoms with E-state index in [1.165, 1.54) is 0 Å². The number of methoxy groups -OCH3 is 1. The van der Waals surface area contributed by atoms with Crippen LogP contribution in [-0.2, 0) is 9.53 Å². The van der Waals surface area contributed by atoms with E-state index >= 15 is 0 Å². The Kier molecular flexibility index (Phi) is 6.81. The standard InChI is InChI=1S/C19H26N4O2.ClH/c1-12-9-13(2)23(22-12)16-7-5-15(6-8-16)14(3)21-19(24)18-10-17(25-4)11-20-18;/h5-9,14,17-18,20H,10-11H2,1-4H3,(H,21,24);1H/t14?,17-,18+;/m0./s1. The molecule has 2 N–H and O–H groups in total. The molecule has 7 heteroatoms. The zero-order chi connectivity index (χ0) is 18.0. The van der Waals surface area contributed by atoms with Crippen molar-refractivity contribution in [1.29, 1.82) is 0 Å². The molecule has 0 aliphatic carbocycles. The Morgan fingerprint density at radius 2 is 2.04 bits per heavy atom. The summed E-state index contributed by atoms with van der Waals surface area (Å²) < 4.78 is 7.22. The third-order valence-corrected chi connectivity index (χ3v) is 4.75. The highest BCUT2D eigenvalue weighted by Gasteiger charge is 2.29. The Morgan fingerprint density at radius 1 is 1.35 bits per heavy atom. The number of nitrogens with one attached hydrogen (secondary N) is 2. The van der Waals surface area contributed by atoms with Crippen LogP contribution in [0.5, 0.6) is 0 Å². The van der Waals surface area contributed by atoms with E-state index in [0.29, 0.717) is 6.42 Å². The van der Waals surface area contributed by atoms with Crippen molar-refractivity contribution in [3.63, 3.8) is 0 Å². The number of aryl methyl sites for hydroxylation is 2. The number of carbonyl (C=O) groups is 1. The number of aromatic nitrogens is 2. The molecule has 1 aromatic carbocycles. The molecule has 0 saturated carbocycles. The van der Waals surface area contributed by atoms with Crippen LogP contribution in [0.25, 0.3) is 5.69 Å². The lowest BCUT2D eigenvalue weighted by molar-refractivity contribution is -0.123. The molecule has 0 spiro atoms. The number of halogens is 1. The molecule has 0 radical (unpaired) electrons. The SMILES string of the molecule is CO[C@@H]1CN[C@@H](C(=O)NC(C)c2ccc(-n3nc(C)cc3C)cc2)C1.Cl. The van der Waals surface area contributed by atoms with Gasteiger partial charge in [-0.15, -0.1) is 12.4 Å². The smallest absolute Gasteiger partial charge is 0.237 e. The molecule has 1 unspecified atom stereocenters. The van der Waals surface area contributed by atoms with Gasteiger partial charge in [-0.2, -0.15) is 5.10 Å². The van der Waals surface area contributed by atoms with Gasteiger partial charge in [0, 0.05) is 19.3 Å². The monoisotopic (exact) mass is 378 g/mol. The van der Waals surface area contributed by atoms with Gasteiger partial charge in [-0.1, -0.05) is 12.1 Å². The second-order valence-corrected chi connectivity index (χ2v) is 6.71. The molecule has 1 fully saturated rings. The number of ether oxygens (including phenoxy) is 1. The van der Waals surface area contributed by atoms with E-state index < -0.39 is 0 Å². The summed E-state index contributed by atoms with van der Waals surface area (Å²) in [7, 11) is 1.68. The van der Waals surface area contributed by atoms with Crippen LogP contribution in [0, 0.1) is 13.8 Å². The first kappa shape index (κ1) is 20.4. The molecular weight excluding hydrogens is 352 g/mol. The van der Waals surface area contributed by atoms with Crippen LogP contribution in [0.15, 0.2) is 30.3 Å². The summed E-state index contributed by atoms with van der Waals surface area (Å²) in [6.45, 7) is 6.75. The van der Waals surface area contributed by atoms with Gasteiger partial charge in [-0.3, -0.25) is 4.79 Å². The summed E-state index contributed by atoms with van der Waals surface area (Å²) in [4.78, 5) is 12.4. The Bertz CT molecular complexity index is 744. The fourth-order valence-electron chi connectivity index (χ4n) is 3.27. The number of hydrogen-bond acceptors (Lipinski definition) is 4. The highest BCUT2D eigenvalue weighted by atomic mass is 35.5. The third kappa shape index (κ3) is 4.44. The van der Waals surface area contributed by atoms with Crippen LogP contribution in [0.3, 0.4) is 0 Å². The van der Waals surface area contributed by atoms with Gasteiger partial charge < -0.3 is 15.4 Å². The minimum absolute atomic E-state index is 0. The maximum atomic E-state index is 12.4. The van der Waals surface area contributed by atoms with Gasteiger partial charge in [-0.25, -0.2) is 4.68 Å². The fourth-order valence-corrected chi connectivity index (χ4v) is 3.27. The van der Waals surface area contributed by atoms with E-state index in [1.54, 1.807) is 7.11 Å². The fraction of sp³-hybridized carbons (Fsp3) is 0.474. The van der Waals surface area contributed by atoms with Crippen LogP contribution in [0.4, 0.5) is 0 Å². The van der Waals surface area contributed by atoms with Crippen LogP contribution in [0.2, 0.25) is 0 Å². The first-order chi connectivity index (χ1) is 12.0. The number of rotatable bonds is 5. The van der Waals surface area contributed by atoms with Gasteiger partial charge in [0.25, 0.3) is 0 Å². The van der Waals surface area contributed by atoms with Crippen molar-refractivity contribution in [3.8, 4) is 5.69 Å². The van der Waals surface area contributed by atoms with Crippen molar-refractivity contribution in [1.82, 2.24) is 20.4 Å². The Morgan fingerprint density at radius 3 is 2.58 bits per heavy atom. The Hall–Kier alpha value is -1.89. The quantitative estimate of drug-likeness (QED) is 0.838. The zero-order valence-electron chi connectivity index (χ0n) is 15.7. The van der Waals surface area contributed by atoms with Gasteiger partial charge in [0.1, 0.15) is 0 Å². The molecule has 3 rings (SSSR count). The lowest BCUT2D eigenvalue weighted by atomic mass is 10.1. The van der Waals surface area contributed by atoms with Gasteiger partial charge in [-0.05, 0) is 51.0 Å². The minimum atomic E-state index is -0.179. The van der Waals surface area contributed by atoms with Crippen LogP contribution >= 0.6 is 12.4 Å². The van der Waals surface area contributed by atoms with Gasteiger partial charge >= 0.3 is 0 Å². The molecule has 1 aromatic heterocycles. The molecule has 3 atom stereocenters. The average Bonchev–Trinajstić information content (AvgIpc) is 3.21. The molecule has 26 heavy (non-hydrogen) atoms. The van der Waals surface area contributed by atoms with E-state index in [0.717, 1.165) is 29.2 Å².